The average molecular weight is 233 g/mol. The van der Waals surface area contributed by atoms with Crippen LogP contribution >= 0.6 is 0 Å². The quantitative estimate of drug-likeness (QED) is 0.769. The van der Waals surface area contributed by atoms with Crippen LogP contribution in [0.4, 0.5) is 5.69 Å². The molecular weight excluding hydrogens is 214 g/mol. The number of hydrogen-bond acceptors (Lipinski definition) is 3. The molecule has 0 aliphatic carbocycles. The van der Waals surface area contributed by atoms with Crippen molar-refractivity contribution in [3.63, 3.8) is 0 Å². The molecule has 1 aliphatic rings. The van der Waals surface area contributed by atoms with E-state index < -0.39 is 0 Å². The van der Waals surface area contributed by atoms with Crippen LogP contribution in [-0.2, 0) is 4.79 Å². The Bertz CT molecular complexity index is 342. The molecule has 0 spiro atoms. The van der Waals surface area contributed by atoms with Gasteiger partial charge in [0, 0.05) is 5.69 Å². The maximum Gasteiger partial charge on any atom is 0.211 e. The summed E-state index contributed by atoms with van der Waals surface area (Å²) in [6.07, 6.45) is 3.38. The number of carbonyl (C=O) groups is 1. The van der Waals surface area contributed by atoms with Crippen molar-refractivity contribution in [2.24, 2.45) is 0 Å². The van der Waals surface area contributed by atoms with E-state index in [0.717, 1.165) is 0 Å². The maximum absolute atomic E-state index is 9.95. The van der Waals surface area contributed by atoms with Gasteiger partial charge in [0.05, 0.1) is 11.6 Å². The smallest absolute Gasteiger partial charge is 0.211 e. The van der Waals surface area contributed by atoms with E-state index in [4.69, 9.17) is 5.26 Å². The first-order valence-corrected chi connectivity index (χ1v) is 5.28. The van der Waals surface area contributed by atoms with Crippen LogP contribution in [-0.4, -0.2) is 19.5 Å². The van der Waals surface area contributed by atoms with Gasteiger partial charge in [-0.3, -0.25) is 4.79 Å². The van der Waals surface area contributed by atoms with Gasteiger partial charge in [0.2, 0.25) is 6.41 Å². The second-order valence-electron chi connectivity index (χ2n) is 3.41. The molecule has 1 fully saturated rings. The predicted molar refractivity (Wildman–Crippen MR) is 69.7 cm³/mol. The summed E-state index contributed by atoms with van der Waals surface area (Å²) in [5, 5.41) is 14.1. The van der Waals surface area contributed by atoms with Gasteiger partial charge >= 0.3 is 0 Å². The Morgan fingerprint density at radius 3 is 2.18 bits per heavy atom. The Morgan fingerprint density at radius 1 is 1.24 bits per heavy atom. The lowest BCUT2D eigenvalue weighted by molar-refractivity contribution is -0.105. The van der Waals surface area contributed by atoms with Gasteiger partial charge < -0.3 is 10.6 Å². The Kier molecular flexibility index (Phi) is 8.35. The summed E-state index contributed by atoms with van der Waals surface area (Å²) in [5.74, 6) is 0. The first-order chi connectivity index (χ1) is 7.86. The molecule has 17 heavy (non-hydrogen) atoms. The molecule has 0 radical (unpaired) electrons. The molecule has 0 saturated carbocycles. The number of amides is 1. The normalized spacial score (nSPS) is 12.4. The highest BCUT2D eigenvalue weighted by molar-refractivity contribution is 5.71. The molecule has 2 N–H and O–H groups in total. The van der Waals surface area contributed by atoms with Crippen molar-refractivity contribution < 1.29 is 4.79 Å². The van der Waals surface area contributed by atoms with Gasteiger partial charge in [0.1, 0.15) is 0 Å². The number of anilines is 1. The van der Waals surface area contributed by atoms with Crippen LogP contribution in [0.5, 0.6) is 0 Å². The standard InChI is InChI=1S/C8H6N2O.C4H9N.CH4/c9-5-7-1-3-8(4-2-7)10-6-11;1-2-4-5-3-1;/h1-4,6H,(H,10,11);5H,1-4H2;1H4. The third-order valence-electron chi connectivity index (χ3n) is 2.20. The SMILES string of the molecule is C.C1CCNC1.N#Cc1ccc(NC=O)cc1. The van der Waals surface area contributed by atoms with Gasteiger partial charge in [0.15, 0.2) is 0 Å². The summed E-state index contributed by atoms with van der Waals surface area (Å²) < 4.78 is 0. The molecule has 0 bridgehead atoms. The zero-order valence-electron chi connectivity index (χ0n) is 9.07. The van der Waals surface area contributed by atoms with Gasteiger partial charge in [-0.05, 0) is 50.2 Å². The fraction of sp³-hybridized carbons (Fsp3) is 0.385. The van der Waals surface area contributed by atoms with Crippen molar-refractivity contribution in [2.45, 2.75) is 20.3 Å². The second kappa shape index (κ2) is 9.37. The van der Waals surface area contributed by atoms with Gasteiger partial charge in [-0.2, -0.15) is 5.26 Å². The van der Waals surface area contributed by atoms with Crippen LogP contribution in [0.3, 0.4) is 0 Å². The van der Waals surface area contributed by atoms with Crippen molar-refractivity contribution in [3.05, 3.63) is 29.8 Å². The van der Waals surface area contributed by atoms with Crippen LogP contribution in [0, 0.1) is 11.3 Å². The zero-order valence-corrected chi connectivity index (χ0v) is 9.07. The van der Waals surface area contributed by atoms with E-state index in [-0.39, 0.29) is 7.43 Å². The fourth-order valence-electron chi connectivity index (χ4n) is 1.33. The lowest BCUT2D eigenvalue weighted by Crippen LogP contribution is -2.03. The second-order valence-corrected chi connectivity index (χ2v) is 3.41. The van der Waals surface area contributed by atoms with E-state index in [1.807, 2.05) is 6.07 Å². The van der Waals surface area contributed by atoms with E-state index in [9.17, 15) is 4.79 Å². The van der Waals surface area contributed by atoms with Crippen molar-refractivity contribution in [3.8, 4) is 6.07 Å². The molecule has 1 saturated heterocycles. The molecule has 2 rings (SSSR count). The minimum atomic E-state index is 0. The first kappa shape index (κ1) is 15.1. The first-order valence-electron chi connectivity index (χ1n) is 5.28. The number of rotatable bonds is 2. The Balaban J connectivity index is 0.000000360. The number of nitrogens with one attached hydrogen (secondary N) is 2. The summed E-state index contributed by atoms with van der Waals surface area (Å²) in [6.45, 7) is 2.50. The third-order valence-corrected chi connectivity index (χ3v) is 2.20. The average Bonchev–Trinajstić information content (AvgIpc) is 2.89. The summed E-state index contributed by atoms with van der Waals surface area (Å²) in [7, 11) is 0. The largest absolute Gasteiger partial charge is 0.329 e. The monoisotopic (exact) mass is 233 g/mol. The van der Waals surface area contributed by atoms with E-state index in [2.05, 4.69) is 10.6 Å². The van der Waals surface area contributed by atoms with Gasteiger partial charge in [-0.1, -0.05) is 7.43 Å². The number of nitriles is 1. The van der Waals surface area contributed by atoms with Crippen LogP contribution in [0.2, 0.25) is 0 Å². The van der Waals surface area contributed by atoms with Crippen LogP contribution < -0.4 is 10.6 Å². The molecule has 1 aromatic carbocycles. The topological polar surface area (TPSA) is 64.9 Å². The summed E-state index contributed by atoms with van der Waals surface area (Å²) in [4.78, 5) is 9.95. The highest BCUT2D eigenvalue weighted by Crippen LogP contribution is 2.06. The molecule has 92 valence electrons. The van der Waals surface area contributed by atoms with E-state index in [1.54, 1.807) is 24.3 Å². The maximum atomic E-state index is 9.95. The third kappa shape index (κ3) is 6.33. The summed E-state index contributed by atoms with van der Waals surface area (Å²) >= 11 is 0. The predicted octanol–water partition coefficient (Wildman–Crippen LogP) is 2.13. The molecular formula is C13H19N3O. The van der Waals surface area contributed by atoms with Gasteiger partial charge in [0.25, 0.3) is 0 Å². The molecule has 0 atom stereocenters. The molecule has 1 aliphatic heterocycles. The molecule has 1 aromatic rings. The minimum absolute atomic E-state index is 0. The molecule has 1 heterocycles. The van der Waals surface area contributed by atoms with Crippen molar-refractivity contribution in [1.82, 2.24) is 5.32 Å². The number of benzene rings is 1. The molecule has 1 amide bonds. The van der Waals surface area contributed by atoms with E-state index in [0.29, 0.717) is 17.7 Å². The molecule has 0 aromatic heterocycles. The lowest BCUT2D eigenvalue weighted by atomic mass is 10.2. The van der Waals surface area contributed by atoms with Crippen LogP contribution in [0.15, 0.2) is 24.3 Å². The highest BCUT2D eigenvalue weighted by atomic mass is 16.1. The Morgan fingerprint density at radius 2 is 1.82 bits per heavy atom. The summed E-state index contributed by atoms with van der Waals surface area (Å²) in [5.41, 5.74) is 1.28. The van der Waals surface area contributed by atoms with Gasteiger partial charge in [-0.25, -0.2) is 0 Å². The Hall–Kier alpha value is -1.86. The Labute approximate surface area is 103 Å². The van der Waals surface area contributed by atoms with Gasteiger partial charge in [-0.15, -0.1) is 0 Å². The number of hydrogen-bond donors (Lipinski definition) is 2. The number of nitrogens with zero attached hydrogens (tertiary/aromatic N) is 1. The fourth-order valence-corrected chi connectivity index (χ4v) is 1.33. The van der Waals surface area contributed by atoms with Crippen molar-refractivity contribution in [1.29, 1.82) is 5.26 Å². The molecule has 0 unspecified atom stereocenters. The van der Waals surface area contributed by atoms with Crippen LogP contribution in [0.1, 0.15) is 25.8 Å². The molecule has 4 nitrogen and oxygen atoms in total. The summed E-state index contributed by atoms with van der Waals surface area (Å²) in [6, 6.07) is 8.62. The minimum Gasteiger partial charge on any atom is -0.329 e. The van der Waals surface area contributed by atoms with Crippen LogP contribution in [0.25, 0.3) is 0 Å². The lowest BCUT2D eigenvalue weighted by Gasteiger charge is -1.95. The van der Waals surface area contributed by atoms with E-state index in [1.165, 1.54) is 25.9 Å². The number of carbonyl (C=O) groups excluding carboxylic acids is 1. The highest BCUT2D eigenvalue weighted by Gasteiger charge is 1.93. The molecule has 4 heteroatoms. The van der Waals surface area contributed by atoms with Crippen molar-refractivity contribution in [2.75, 3.05) is 18.4 Å². The van der Waals surface area contributed by atoms with E-state index >= 15 is 0 Å². The zero-order chi connectivity index (χ0) is 11.6. The van der Waals surface area contributed by atoms with Crippen molar-refractivity contribution >= 4 is 12.1 Å².